The number of urea groups is 1. The first-order valence-corrected chi connectivity index (χ1v) is 11.7. The molecule has 35 heavy (non-hydrogen) atoms. The molecule has 186 valence electrons. The Morgan fingerprint density at radius 3 is 2.46 bits per heavy atom. The molecule has 0 aliphatic carbocycles. The summed E-state index contributed by atoms with van der Waals surface area (Å²) < 4.78 is 32.5. The van der Waals surface area contributed by atoms with Crippen molar-refractivity contribution in [3.05, 3.63) is 65.2 Å². The second kappa shape index (κ2) is 10.0. The fraction of sp³-hybridized carbons (Fsp3) is 0.423. The number of benzene rings is 2. The topological polar surface area (TPSA) is 79.0 Å². The Bertz CT molecular complexity index is 1120. The number of likely N-dealkylation sites (tertiary alicyclic amines) is 1. The van der Waals surface area contributed by atoms with Crippen molar-refractivity contribution in [3.8, 4) is 5.75 Å². The van der Waals surface area contributed by atoms with Crippen molar-refractivity contribution < 1.29 is 27.9 Å². The molecule has 2 fully saturated rings. The Hall–Kier alpha value is -3.49. The summed E-state index contributed by atoms with van der Waals surface area (Å²) in [6.07, 6.45) is 1.35. The van der Waals surface area contributed by atoms with Crippen LogP contribution in [0.15, 0.2) is 42.5 Å². The Kier molecular flexibility index (Phi) is 7.05. The second-order valence-electron chi connectivity index (χ2n) is 9.23. The van der Waals surface area contributed by atoms with Crippen LogP contribution in [0.1, 0.15) is 30.9 Å². The van der Waals surface area contributed by atoms with Crippen molar-refractivity contribution in [2.45, 2.75) is 38.1 Å². The number of nitrogens with zero attached hydrogens (tertiary/aromatic N) is 2. The zero-order chi connectivity index (χ0) is 25.2. The molecule has 2 saturated heterocycles. The molecule has 0 saturated carbocycles. The normalized spacial score (nSPS) is 20.8. The molecule has 2 aromatic carbocycles. The minimum atomic E-state index is -1.04. The molecule has 7 nitrogen and oxygen atoms in total. The lowest BCUT2D eigenvalue weighted by atomic mass is 9.78. The van der Waals surface area contributed by atoms with E-state index < -0.39 is 23.2 Å². The molecule has 2 aliphatic rings. The Balaban J connectivity index is 1.33. The molecular weight excluding hydrogens is 456 g/mol. The van der Waals surface area contributed by atoms with Crippen LogP contribution < -0.4 is 10.1 Å². The Morgan fingerprint density at radius 1 is 1.11 bits per heavy atom. The van der Waals surface area contributed by atoms with Crippen molar-refractivity contribution in [3.63, 3.8) is 0 Å². The first kappa shape index (κ1) is 24.6. The van der Waals surface area contributed by atoms with Gasteiger partial charge in [-0.05, 0) is 55.9 Å². The number of imide groups is 1. The molecule has 9 heteroatoms. The van der Waals surface area contributed by atoms with E-state index in [-0.39, 0.29) is 36.3 Å². The molecule has 2 aromatic rings. The monoisotopic (exact) mass is 485 g/mol. The van der Waals surface area contributed by atoms with Crippen LogP contribution in [0.4, 0.5) is 13.6 Å². The number of hydrogen-bond donors (Lipinski definition) is 1. The number of methoxy groups -OCH3 is 1. The van der Waals surface area contributed by atoms with Crippen LogP contribution in [0.3, 0.4) is 0 Å². The molecule has 2 aliphatic heterocycles. The highest BCUT2D eigenvalue weighted by molar-refractivity contribution is 6.07. The second-order valence-corrected chi connectivity index (χ2v) is 9.23. The number of amides is 4. The Morgan fingerprint density at radius 2 is 1.80 bits per heavy atom. The van der Waals surface area contributed by atoms with Gasteiger partial charge in [-0.25, -0.2) is 13.6 Å². The summed E-state index contributed by atoms with van der Waals surface area (Å²) in [5.41, 5.74) is -0.0303. The van der Waals surface area contributed by atoms with Crippen LogP contribution in [0.2, 0.25) is 0 Å². The van der Waals surface area contributed by atoms with Crippen molar-refractivity contribution in [1.82, 2.24) is 15.1 Å². The molecule has 0 spiro atoms. The first-order valence-electron chi connectivity index (χ1n) is 11.7. The maximum atomic E-state index is 13.9. The largest absolute Gasteiger partial charge is 0.497 e. The van der Waals surface area contributed by atoms with Gasteiger partial charge in [0.15, 0.2) is 11.6 Å². The number of carbonyl (C=O) groups is 3. The van der Waals surface area contributed by atoms with E-state index in [2.05, 4.69) is 5.32 Å². The van der Waals surface area contributed by atoms with E-state index in [1.54, 1.807) is 18.9 Å². The molecule has 4 amide bonds. The quantitative estimate of drug-likeness (QED) is 0.611. The Labute approximate surface area is 203 Å². The zero-order valence-electron chi connectivity index (χ0n) is 19.9. The molecule has 0 radical (unpaired) electrons. The average molecular weight is 486 g/mol. The van der Waals surface area contributed by atoms with E-state index in [0.29, 0.717) is 32.4 Å². The summed E-state index contributed by atoms with van der Waals surface area (Å²) in [5.74, 6) is -1.93. The van der Waals surface area contributed by atoms with Gasteiger partial charge < -0.3 is 15.0 Å². The third-order valence-corrected chi connectivity index (χ3v) is 7.12. The third-order valence-electron chi connectivity index (χ3n) is 7.12. The summed E-state index contributed by atoms with van der Waals surface area (Å²) in [6, 6.07) is 10.9. The number of carbonyl (C=O) groups excluding carboxylic acids is 3. The SMILES string of the molecule is COc1ccc(CCN2C(=O)NC(C)(C3CCN(C(=O)Cc4cccc(F)c4F)CC3)C2=O)cc1. The molecule has 1 N–H and O–H groups in total. The lowest BCUT2D eigenvalue weighted by Gasteiger charge is -2.39. The molecule has 1 unspecified atom stereocenters. The van der Waals surface area contributed by atoms with Gasteiger partial charge in [0.1, 0.15) is 11.3 Å². The number of piperidine rings is 1. The van der Waals surface area contributed by atoms with Crippen LogP contribution in [0.5, 0.6) is 5.75 Å². The number of ether oxygens (including phenoxy) is 1. The van der Waals surface area contributed by atoms with Crippen LogP contribution in [0, 0.1) is 17.6 Å². The molecule has 4 rings (SSSR count). The molecule has 0 aromatic heterocycles. The molecule has 1 atom stereocenters. The summed E-state index contributed by atoms with van der Waals surface area (Å²) >= 11 is 0. The van der Waals surface area contributed by atoms with E-state index in [1.165, 1.54) is 17.0 Å². The van der Waals surface area contributed by atoms with Gasteiger partial charge in [0, 0.05) is 25.2 Å². The van der Waals surface area contributed by atoms with Crippen molar-refractivity contribution >= 4 is 17.8 Å². The van der Waals surface area contributed by atoms with Gasteiger partial charge in [-0.2, -0.15) is 0 Å². The van der Waals surface area contributed by atoms with Crippen LogP contribution >= 0.6 is 0 Å². The first-order chi connectivity index (χ1) is 16.7. The minimum absolute atomic E-state index is 0.0230. The van der Waals surface area contributed by atoms with Crippen LogP contribution in [0.25, 0.3) is 0 Å². The standard InChI is InChI=1S/C26H29F2N3O4/c1-26(24(33)31(25(34)29-26)15-10-17-6-8-20(35-2)9-7-17)19-11-13-30(14-12-19)22(32)16-18-4-3-5-21(27)23(18)28/h3-9,19H,10-16H2,1-2H3,(H,29,34). The van der Waals surface area contributed by atoms with Gasteiger partial charge in [0.05, 0.1) is 13.5 Å². The molecule has 0 bridgehead atoms. The maximum Gasteiger partial charge on any atom is 0.325 e. The summed E-state index contributed by atoms with van der Waals surface area (Å²) in [4.78, 5) is 41.4. The van der Waals surface area contributed by atoms with E-state index in [0.717, 1.165) is 17.4 Å². The van der Waals surface area contributed by atoms with E-state index >= 15 is 0 Å². The van der Waals surface area contributed by atoms with Gasteiger partial charge in [-0.3, -0.25) is 14.5 Å². The fourth-order valence-electron chi connectivity index (χ4n) is 4.89. The highest BCUT2D eigenvalue weighted by Gasteiger charge is 2.52. The van der Waals surface area contributed by atoms with Crippen molar-refractivity contribution in [1.29, 1.82) is 0 Å². The number of halogens is 2. The number of nitrogens with one attached hydrogen (secondary N) is 1. The summed E-state index contributed by atoms with van der Waals surface area (Å²) in [6.45, 7) is 2.77. The van der Waals surface area contributed by atoms with Crippen molar-refractivity contribution in [2.75, 3.05) is 26.7 Å². The third kappa shape index (κ3) is 4.99. The average Bonchev–Trinajstić information content (AvgIpc) is 3.09. The lowest BCUT2D eigenvalue weighted by molar-refractivity contribution is -0.135. The van der Waals surface area contributed by atoms with Crippen molar-refractivity contribution in [2.24, 2.45) is 5.92 Å². The summed E-state index contributed by atoms with van der Waals surface area (Å²) in [5, 5.41) is 2.87. The molecule has 2 heterocycles. The zero-order valence-corrected chi connectivity index (χ0v) is 19.9. The van der Waals surface area contributed by atoms with E-state index in [1.807, 2.05) is 24.3 Å². The van der Waals surface area contributed by atoms with Gasteiger partial charge >= 0.3 is 6.03 Å². The maximum absolute atomic E-state index is 13.9. The van der Waals surface area contributed by atoms with E-state index in [4.69, 9.17) is 4.74 Å². The highest BCUT2D eigenvalue weighted by Crippen LogP contribution is 2.34. The molecular formula is C26H29F2N3O4. The minimum Gasteiger partial charge on any atom is -0.497 e. The van der Waals surface area contributed by atoms with Gasteiger partial charge in [0.2, 0.25) is 5.91 Å². The lowest BCUT2D eigenvalue weighted by Crippen LogP contribution is -2.54. The predicted molar refractivity (Wildman–Crippen MR) is 125 cm³/mol. The smallest absolute Gasteiger partial charge is 0.325 e. The predicted octanol–water partition coefficient (Wildman–Crippen LogP) is 3.31. The number of hydrogen-bond acceptors (Lipinski definition) is 4. The van der Waals surface area contributed by atoms with Gasteiger partial charge in [-0.15, -0.1) is 0 Å². The van der Waals surface area contributed by atoms with E-state index in [9.17, 15) is 23.2 Å². The van der Waals surface area contributed by atoms with Gasteiger partial charge in [0.25, 0.3) is 5.91 Å². The highest BCUT2D eigenvalue weighted by atomic mass is 19.2. The van der Waals surface area contributed by atoms with Crippen LogP contribution in [-0.4, -0.2) is 59.9 Å². The fourth-order valence-corrected chi connectivity index (χ4v) is 4.89. The summed E-state index contributed by atoms with van der Waals surface area (Å²) in [7, 11) is 1.59. The van der Waals surface area contributed by atoms with Gasteiger partial charge in [-0.1, -0.05) is 24.3 Å². The number of rotatable bonds is 7. The van der Waals surface area contributed by atoms with Crippen LogP contribution in [-0.2, 0) is 22.4 Å².